The maximum atomic E-state index is 2.66. The smallest absolute Gasteiger partial charge is 0.0115 e. The lowest BCUT2D eigenvalue weighted by atomic mass is 10.1. The second-order valence-electron chi connectivity index (χ2n) is 4.49. The van der Waals surface area contributed by atoms with Crippen molar-refractivity contribution in [2.75, 3.05) is 26.7 Å². The first-order chi connectivity index (χ1) is 6.15. The van der Waals surface area contributed by atoms with E-state index in [2.05, 4.69) is 37.6 Å². The Labute approximate surface area is 82.9 Å². The van der Waals surface area contributed by atoms with Gasteiger partial charge in [0.05, 0.1) is 0 Å². The zero-order valence-corrected chi connectivity index (χ0v) is 9.58. The summed E-state index contributed by atoms with van der Waals surface area (Å²) in [5.41, 5.74) is 0. The second kappa shape index (κ2) is 4.97. The third-order valence-electron chi connectivity index (χ3n) is 3.19. The van der Waals surface area contributed by atoms with E-state index < -0.39 is 0 Å². The fraction of sp³-hybridized carbons (Fsp3) is 1.00. The van der Waals surface area contributed by atoms with Gasteiger partial charge in [-0.05, 0) is 40.3 Å². The van der Waals surface area contributed by atoms with Crippen LogP contribution in [0, 0.1) is 0 Å². The van der Waals surface area contributed by atoms with Crippen molar-refractivity contribution >= 4 is 0 Å². The molecule has 0 spiro atoms. The van der Waals surface area contributed by atoms with E-state index in [1.165, 1.54) is 32.5 Å². The van der Waals surface area contributed by atoms with E-state index in [-0.39, 0.29) is 0 Å². The Morgan fingerprint density at radius 3 is 2.46 bits per heavy atom. The molecule has 1 aliphatic rings. The zero-order valence-electron chi connectivity index (χ0n) is 9.58. The molecule has 1 atom stereocenters. The Balaban J connectivity index is 2.56. The molecular formula is C11H24N2. The van der Waals surface area contributed by atoms with Gasteiger partial charge >= 0.3 is 0 Å². The van der Waals surface area contributed by atoms with Crippen LogP contribution in [0.4, 0.5) is 0 Å². The van der Waals surface area contributed by atoms with Gasteiger partial charge in [0.2, 0.25) is 0 Å². The molecule has 2 heteroatoms. The molecule has 1 saturated heterocycles. The quantitative estimate of drug-likeness (QED) is 0.646. The lowest BCUT2D eigenvalue weighted by Gasteiger charge is -2.32. The average Bonchev–Trinajstić information content (AvgIpc) is 2.26. The third kappa shape index (κ3) is 2.96. The topological polar surface area (TPSA) is 6.48 Å². The molecule has 0 N–H and O–H groups in total. The summed E-state index contributed by atoms with van der Waals surface area (Å²) in [5, 5.41) is 0. The molecule has 1 fully saturated rings. The fourth-order valence-electron chi connectivity index (χ4n) is 2.23. The fourth-order valence-corrected chi connectivity index (χ4v) is 2.23. The van der Waals surface area contributed by atoms with E-state index in [1.54, 1.807) is 0 Å². The summed E-state index contributed by atoms with van der Waals surface area (Å²) in [7, 11) is 2.23. The van der Waals surface area contributed by atoms with Gasteiger partial charge < -0.3 is 4.90 Å². The maximum Gasteiger partial charge on any atom is 0.0115 e. The molecule has 0 radical (unpaired) electrons. The second-order valence-corrected chi connectivity index (χ2v) is 4.49. The van der Waals surface area contributed by atoms with Crippen LogP contribution in [-0.4, -0.2) is 48.6 Å². The van der Waals surface area contributed by atoms with E-state index in [0.29, 0.717) is 6.04 Å². The summed E-state index contributed by atoms with van der Waals surface area (Å²) in [4.78, 5) is 5.11. The summed E-state index contributed by atoms with van der Waals surface area (Å²) in [6, 6.07) is 1.52. The van der Waals surface area contributed by atoms with E-state index in [0.717, 1.165) is 6.04 Å². The molecule has 1 aliphatic heterocycles. The summed E-state index contributed by atoms with van der Waals surface area (Å²) >= 11 is 0. The first-order valence-electron chi connectivity index (χ1n) is 5.59. The first-order valence-corrected chi connectivity index (χ1v) is 5.59. The lowest BCUT2D eigenvalue weighted by Crippen LogP contribution is -2.40. The van der Waals surface area contributed by atoms with Crippen LogP contribution in [0.25, 0.3) is 0 Å². The van der Waals surface area contributed by atoms with Crippen LogP contribution < -0.4 is 0 Å². The minimum absolute atomic E-state index is 0.705. The average molecular weight is 184 g/mol. The van der Waals surface area contributed by atoms with Gasteiger partial charge in [-0.25, -0.2) is 0 Å². The molecule has 0 aromatic carbocycles. The summed E-state index contributed by atoms with van der Waals surface area (Å²) in [6.45, 7) is 10.7. The molecule has 0 aliphatic carbocycles. The van der Waals surface area contributed by atoms with Crippen molar-refractivity contribution in [2.24, 2.45) is 0 Å². The Kier molecular flexibility index (Phi) is 4.20. The summed E-state index contributed by atoms with van der Waals surface area (Å²) < 4.78 is 0. The molecular weight excluding hydrogens is 160 g/mol. The predicted molar refractivity (Wildman–Crippen MR) is 58.0 cm³/mol. The molecule has 1 rings (SSSR count). The molecule has 1 unspecified atom stereocenters. The molecule has 78 valence electrons. The highest BCUT2D eigenvalue weighted by atomic mass is 15.2. The SMILES string of the molecule is CCC1CCN(C)CCN1C(C)C. The number of hydrogen-bond acceptors (Lipinski definition) is 2. The molecule has 2 nitrogen and oxygen atoms in total. The van der Waals surface area contributed by atoms with Crippen molar-refractivity contribution in [2.45, 2.75) is 45.7 Å². The van der Waals surface area contributed by atoms with Crippen molar-refractivity contribution in [3.63, 3.8) is 0 Å². The minimum atomic E-state index is 0.705. The Morgan fingerprint density at radius 1 is 1.23 bits per heavy atom. The van der Waals surface area contributed by atoms with E-state index in [9.17, 15) is 0 Å². The molecule has 13 heavy (non-hydrogen) atoms. The van der Waals surface area contributed by atoms with E-state index in [4.69, 9.17) is 0 Å². The Hall–Kier alpha value is -0.0800. The summed E-state index contributed by atoms with van der Waals surface area (Å²) in [6.07, 6.45) is 2.64. The molecule has 0 bridgehead atoms. The molecule has 1 heterocycles. The molecule has 0 aromatic heterocycles. The Morgan fingerprint density at radius 2 is 1.92 bits per heavy atom. The van der Waals surface area contributed by atoms with Crippen LogP contribution in [0.5, 0.6) is 0 Å². The van der Waals surface area contributed by atoms with Gasteiger partial charge in [0, 0.05) is 25.2 Å². The largest absolute Gasteiger partial charge is 0.305 e. The van der Waals surface area contributed by atoms with E-state index in [1.807, 2.05) is 0 Å². The van der Waals surface area contributed by atoms with Crippen LogP contribution >= 0.6 is 0 Å². The number of nitrogens with zero attached hydrogens (tertiary/aromatic N) is 2. The first kappa shape index (κ1) is 11.0. The van der Waals surface area contributed by atoms with Gasteiger partial charge in [0.25, 0.3) is 0 Å². The molecule has 0 aromatic rings. The van der Waals surface area contributed by atoms with Crippen molar-refractivity contribution < 1.29 is 0 Å². The third-order valence-corrected chi connectivity index (χ3v) is 3.19. The normalized spacial score (nSPS) is 27.9. The van der Waals surface area contributed by atoms with Gasteiger partial charge in [0.1, 0.15) is 0 Å². The van der Waals surface area contributed by atoms with Crippen LogP contribution in [0.3, 0.4) is 0 Å². The van der Waals surface area contributed by atoms with Gasteiger partial charge in [-0.2, -0.15) is 0 Å². The highest BCUT2D eigenvalue weighted by Crippen LogP contribution is 2.15. The van der Waals surface area contributed by atoms with Crippen LogP contribution in [0.1, 0.15) is 33.6 Å². The number of rotatable bonds is 2. The highest BCUT2D eigenvalue weighted by Gasteiger charge is 2.22. The van der Waals surface area contributed by atoms with E-state index >= 15 is 0 Å². The number of hydrogen-bond donors (Lipinski definition) is 0. The lowest BCUT2D eigenvalue weighted by molar-refractivity contribution is 0.156. The minimum Gasteiger partial charge on any atom is -0.305 e. The van der Waals surface area contributed by atoms with Crippen LogP contribution in [0.2, 0.25) is 0 Å². The standard InChI is InChI=1S/C11H24N2/c1-5-11-6-7-12(4)8-9-13(11)10(2)3/h10-11H,5-9H2,1-4H3. The van der Waals surface area contributed by atoms with Gasteiger partial charge in [-0.15, -0.1) is 0 Å². The van der Waals surface area contributed by atoms with Crippen molar-refractivity contribution in [1.82, 2.24) is 9.80 Å². The van der Waals surface area contributed by atoms with Gasteiger partial charge in [-0.3, -0.25) is 4.90 Å². The maximum absolute atomic E-state index is 2.66. The van der Waals surface area contributed by atoms with Gasteiger partial charge in [0.15, 0.2) is 0 Å². The molecule has 0 amide bonds. The van der Waals surface area contributed by atoms with Crippen molar-refractivity contribution in [3.05, 3.63) is 0 Å². The number of likely N-dealkylation sites (N-methyl/N-ethyl adjacent to an activating group) is 1. The van der Waals surface area contributed by atoms with Crippen LogP contribution in [-0.2, 0) is 0 Å². The predicted octanol–water partition coefficient (Wildman–Crippen LogP) is 1.81. The van der Waals surface area contributed by atoms with Gasteiger partial charge in [-0.1, -0.05) is 6.92 Å². The molecule has 0 saturated carbocycles. The zero-order chi connectivity index (χ0) is 9.84. The highest BCUT2D eigenvalue weighted by molar-refractivity contribution is 4.78. The monoisotopic (exact) mass is 184 g/mol. The van der Waals surface area contributed by atoms with Crippen LogP contribution in [0.15, 0.2) is 0 Å². The Bertz CT molecular complexity index is 145. The van der Waals surface area contributed by atoms with Crippen molar-refractivity contribution in [1.29, 1.82) is 0 Å². The van der Waals surface area contributed by atoms with Crippen molar-refractivity contribution in [3.8, 4) is 0 Å². The summed E-state index contributed by atoms with van der Waals surface area (Å²) in [5.74, 6) is 0.